The second kappa shape index (κ2) is 7.71. The lowest BCUT2D eigenvalue weighted by atomic mass is 9.55. The summed E-state index contributed by atoms with van der Waals surface area (Å²) in [5, 5.41) is 9.62. The fraction of sp³-hybridized carbons (Fsp3) is 0.704. The van der Waals surface area contributed by atoms with Crippen LogP contribution in [0.2, 0.25) is 0 Å². The number of likely N-dealkylation sites (tertiary alicyclic amines) is 1. The molecule has 1 spiro atoms. The Morgan fingerprint density at radius 3 is 2.33 bits per heavy atom. The summed E-state index contributed by atoms with van der Waals surface area (Å²) in [6, 6.07) is 5.07. The number of carboxylic acids is 1. The van der Waals surface area contributed by atoms with Gasteiger partial charge in [-0.25, -0.2) is 9.18 Å². The van der Waals surface area contributed by atoms with E-state index in [0.29, 0.717) is 49.8 Å². The fourth-order valence-electron chi connectivity index (χ4n) is 8.49. The van der Waals surface area contributed by atoms with Crippen molar-refractivity contribution in [1.29, 1.82) is 0 Å². The van der Waals surface area contributed by atoms with E-state index in [1.165, 1.54) is 38.2 Å². The molecule has 0 radical (unpaired) electrons. The van der Waals surface area contributed by atoms with E-state index in [1.54, 1.807) is 13.0 Å². The van der Waals surface area contributed by atoms with Crippen molar-refractivity contribution < 1.29 is 23.8 Å². The molecule has 1 aliphatic heterocycles. The smallest absolute Gasteiger partial charge is 0.410 e. The van der Waals surface area contributed by atoms with E-state index in [1.807, 2.05) is 11.0 Å². The van der Waals surface area contributed by atoms with E-state index in [9.17, 15) is 14.7 Å². The maximum Gasteiger partial charge on any atom is 0.410 e. The van der Waals surface area contributed by atoms with Gasteiger partial charge in [0.2, 0.25) is 0 Å². The van der Waals surface area contributed by atoms with Gasteiger partial charge in [0.15, 0.2) is 0 Å². The lowest BCUT2D eigenvalue weighted by Crippen LogP contribution is -2.52. The molecule has 2 atom stereocenters. The van der Waals surface area contributed by atoms with Gasteiger partial charge in [-0.15, -0.1) is 0 Å². The number of rotatable bonds is 3. The second-order valence-electron chi connectivity index (χ2n) is 11.7. The van der Waals surface area contributed by atoms with Crippen LogP contribution in [0.25, 0.3) is 0 Å². The largest absolute Gasteiger partial charge is 0.481 e. The van der Waals surface area contributed by atoms with Crippen molar-refractivity contribution in [2.45, 2.75) is 75.7 Å². The van der Waals surface area contributed by atoms with Gasteiger partial charge in [0.05, 0.1) is 5.92 Å². The first-order valence-corrected chi connectivity index (χ1v) is 12.8. The maximum atomic E-state index is 15.0. The Hall–Kier alpha value is -2.11. The number of hydrogen-bond acceptors (Lipinski definition) is 3. The molecule has 33 heavy (non-hydrogen) atoms. The highest BCUT2D eigenvalue weighted by Crippen LogP contribution is 2.56. The number of piperidine rings is 1. The van der Waals surface area contributed by atoms with Crippen molar-refractivity contribution in [3.63, 3.8) is 0 Å². The highest BCUT2D eigenvalue weighted by molar-refractivity contribution is 5.72. The summed E-state index contributed by atoms with van der Waals surface area (Å²) >= 11 is 0. The minimum absolute atomic E-state index is 0.0756. The first-order valence-electron chi connectivity index (χ1n) is 12.8. The Morgan fingerprint density at radius 1 is 1.09 bits per heavy atom. The van der Waals surface area contributed by atoms with E-state index in [4.69, 9.17) is 4.74 Å². The molecular formula is C27H34FNO4. The van der Waals surface area contributed by atoms with Crippen molar-refractivity contribution in [3.05, 3.63) is 35.1 Å². The van der Waals surface area contributed by atoms with E-state index >= 15 is 4.39 Å². The zero-order valence-electron chi connectivity index (χ0n) is 19.3. The number of amides is 1. The zero-order chi connectivity index (χ0) is 22.9. The van der Waals surface area contributed by atoms with Gasteiger partial charge >= 0.3 is 12.1 Å². The maximum absolute atomic E-state index is 15.0. The molecule has 1 heterocycles. The molecule has 1 saturated heterocycles. The predicted molar refractivity (Wildman–Crippen MR) is 120 cm³/mol. The van der Waals surface area contributed by atoms with Crippen molar-refractivity contribution in [1.82, 2.24) is 4.90 Å². The number of aliphatic carboxylic acids is 1. The third kappa shape index (κ3) is 3.38. The summed E-state index contributed by atoms with van der Waals surface area (Å²) < 4.78 is 21.2. The quantitative estimate of drug-likeness (QED) is 0.669. The number of hydrogen-bond donors (Lipinski definition) is 1. The monoisotopic (exact) mass is 455 g/mol. The molecule has 1 N–H and O–H groups in total. The minimum atomic E-state index is -0.844. The molecular weight excluding hydrogens is 421 g/mol. The van der Waals surface area contributed by atoms with E-state index in [-0.39, 0.29) is 23.9 Å². The van der Waals surface area contributed by atoms with Crippen LogP contribution in [0.1, 0.15) is 75.3 Å². The molecule has 178 valence electrons. The van der Waals surface area contributed by atoms with Crippen LogP contribution in [0.4, 0.5) is 9.18 Å². The van der Waals surface area contributed by atoms with E-state index < -0.39 is 17.3 Å². The van der Waals surface area contributed by atoms with Gasteiger partial charge in [0, 0.05) is 18.5 Å². The van der Waals surface area contributed by atoms with Crippen molar-refractivity contribution in [2.24, 2.45) is 29.6 Å². The highest BCUT2D eigenvalue weighted by atomic mass is 19.1. The second-order valence-corrected chi connectivity index (χ2v) is 11.7. The van der Waals surface area contributed by atoms with Crippen LogP contribution in [0.15, 0.2) is 18.2 Å². The molecule has 4 bridgehead atoms. The molecule has 6 heteroatoms. The highest BCUT2D eigenvalue weighted by Gasteiger charge is 2.52. The van der Waals surface area contributed by atoms with Crippen LogP contribution in [0, 0.1) is 35.4 Å². The Morgan fingerprint density at radius 2 is 1.73 bits per heavy atom. The Kier molecular flexibility index (Phi) is 5.00. The number of carbonyl (C=O) groups excluding carboxylic acids is 1. The number of halogens is 1. The Bertz CT molecular complexity index is 941. The van der Waals surface area contributed by atoms with Crippen LogP contribution in [-0.4, -0.2) is 41.3 Å². The lowest BCUT2D eigenvalue weighted by Gasteiger charge is -2.53. The molecule has 4 saturated carbocycles. The third-order valence-corrected chi connectivity index (χ3v) is 9.94. The standard InChI is InChI=1S/C27H34FNO4/c1-15(25(30)31)21-14-27(23-20(21)3-2-4-22(23)28)5-7-29(8-6-27)26(32)33-24-18-10-16-9-17(12-18)13-19(24)11-16/h2-4,15-19,21,24H,5-14H2,1H3,(H,30,31). The molecule has 5 nitrogen and oxygen atoms in total. The summed E-state index contributed by atoms with van der Waals surface area (Å²) in [5.41, 5.74) is 1.14. The topological polar surface area (TPSA) is 66.8 Å². The average Bonchev–Trinajstić information content (AvgIpc) is 3.10. The van der Waals surface area contributed by atoms with Crippen molar-refractivity contribution in [3.8, 4) is 0 Å². The van der Waals surface area contributed by atoms with Crippen molar-refractivity contribution in [2.75, 3.05) is 13.1 Å². The number of carboxylic acid groups (broad SMARTS) is 1. The van der Waals surface area contributed by atoms with Gasteiger partial charge in [-0.3, -0.25) is 4.79 Å². The van der Waals surface area contributed by atoms with Gasteiger partial charge in [0.1, 0.15) is 11.9 Å². The van der Waals surface area contributed by atoms with E-state index in [2.05, 4.69) is 0 Å². The van der Waals surface area contributed by atoms with Gasteiger partial charge < -0.3 is 14.7 Å². The first kappa shape index (κ1) is 21.4. The Labute approximate surface area is 194 Å². The van der Waals surface area contributed by atoms with Crippen LogP contribution < -0.4 is 0 Å². The van der Waals surface area contributed by atoms with Crippen LogP contribution in [0.3, 0.4) is 0 Å². The predicted octanol–water partition coefficient (Wildman–Crippen LogP) is 5.33. The summed E-state index contributed by atoms with van der Waals surface area (Å²) in [6.45, 7) is 2.79. The van der Waals surface area contributed by atoms with Gasteiger partial charge in [-0.2, -0.15) is 0 Å². The minimum Gasteiger partial charge on any atom is -0.481 e. The molecule has 5 aliphatic carbocycles. The van der Waals surface area contributed by atoms with Gasteiger partial charge in [0.25, 0.3) is 0 Å². The number of benzene rings is 1. The summed E-state index contributed by atoms with van der Waals surface area (Å²) in [7, 11) is 0. The summed E-state index contributed by atoms with van der Waals surface area (Å²) in [5.74, 6) is 0.920. The normalized spacial score (nSPS) is 36.6. The molecule has 1 aromatic carbocycles. The van der Waals surface area contributed by atoms with Crippen LogP contribution in [0.5, 0.6) is 0 Å². The number of nitrogens with zero attached hydrogens (tertiary/aromatic N) is 1. The third-order valence-electron chi connectivity index (χ3n) is 9.94. The molecule has 7 rings (SSSR count). The number of ether oxygens (including phenoxy) is 1. The molecule has 1 amide bonds. The molecule has 0 aromatic heterocycles. The van der Waals surface area contributed by atoms with Gasteiger partial charge in [-0.05, 0) is 98.1 Å². The number of carbonyl (C=O) groups is 2. The average molecular weight is 456 g/mol. The Balaban J connectivity index is 1.16. The van der Waals surface area contributed by atoms with E-state index in [0.717, 1.165) is 17.4 Å². The summed E-state index contributed by atoms with van der Waals surface area (Å²) in [6.07, 6.45) is 8.05. The zero-order valence-corrected chi connectivity index (χ0v) is 19.3. The molecule has 2 unspecified atom stereocenters. The molecule has 1 aromatic rings. The lowest BCUT2D eigenvalue weighted by molar-refractivity contribution is -0.142. The summed E-state index contributed by atoms with van der Waals surface area (Å²) in [4.78, 5) is 26.7. The molecule has 6 aliphatic rings. The van der Waals surface area contributed by atoms with Crippen LogP contribution >= 0.6 is 0 Å². The first-order chi connectivity index (χ1) is 15.8. The fourth-order valence-corrected chi connectivity index (χ4v) is 8.49. The van der Waals surface area contributed by atoms with Crippen molar-refractivity contribution >= 4 is 12.1 Å². The van der Waals surface area contributed by atoms with Gasteiger partial charge in [-0.1, -0.05) is 19.1 Å². The molecule has 5 fully saturated rings. The van der Waals surface area contributed by atoms with Crippen LogP contribution in [-0.2, 0) is 14.9 Å². The SMILES string of the molecule is CC(C(=O)O)C1CC2(CCN(C(=O)OC3C4CC5CC(C4)CC3C5)CC2)c2c(F)cccc21. The number of fused-ring (bicyclic) bond motifs is 2.